The van der Waals surface area contributed by atoms with Crippen LogP contribution in [0.5, 0.6) is 0 Å². The lowest BCUT2D eigenvalue weighted by atomic mass is 10.0. The molecule has 1 N–H and O–H groups in total. The van der Waals surface area contributed by atoms with Crippen molar-refractivity contribution in [1.29, 1.82) is 0 Å². The number of thioether (sulfide) groups is 1. The fourth-order valence-electron chi connectivity index (χ4n) is 2.04. The average Bonchev–Trinajstić information content (AvgIpc) is 2.78. The van der Waals surface area contributed by atoms with Gasteiger partial charge in [0.25, 0.3) is 0 Å². The zero-order valence-corrected chi connectivity index (χ0v) is 11.9. The highest BCUT2D eigenvalue weighted by atomic mass is 32.2. The van der Waals surface area contributed by atoms with Crippen LogP contribution >= 0.6 is 11.8 Å². The second kappa shape index (κ2) is 4.50. The quantitative estimate of drug-likeness (QED) is 0.860. The third-order valence-electron chi connectivity index (χ3n) is 3.28. The van der Waals surface area contributed by atoms with E-state index in [0.717, 1.165) is 29.0 Å². The van der Waals surface area contributed by atoms with Crippen molar-refractivity contribution in [3.05, 3.63) is 11.3 Å². The Kier molecular flexibility index (Phi) is 3.06. The molecule has 0 bridgehead atoms. The Balaban J connectivity index is 1.61. The Morgan fingerprint density at radius 1 is 1.47 bits per heavy atom. The maximum atomic E-state index is 11.9. The first-order chi connectivity index (χ1) is 8.95. The van der Waals surface area contributed by atoms with Gasteiger partial charge in [-0.1, -0.05) is 5.16 Å². The molecule has 3 rings (SSSR count). The zero-order valence-electron chi connectivity index (χ0n) is 10.2. The number of carbonyl (C=O) groups excluding carboxylic acids is 1. The third-order valence-corrected chi connectivity index (χ3v) is 5.49. The summed E-state index contributed by atoms with van der Waals surface area (Å²) in [7, 11) is -3.19. The molecule has 0 unspecified atom stereocenters. The molecule has 2 aliphatic heterocycles. The predicted octanol–water partition coefficient (Wildman–Crippen LogP) is 0.251. The van der Waals surface area contributed by atoms with E-state index in [4.69, 9.17) is 4.52 Å². The fourth-order valence-corrected chi connectivity index (χ4v) is 3.97. The van der Waals surface area contributed by atoms with E-state index in [1.165, 1.54) is 4.31 Å². The van der Waals surface area contributed by atoms with Crippen molar-refractivity contribution in [2.45, 2.75) is 11.5 Å². The third kappa shape index (κ3) is 2.37. The van der Waals surface area contributed by atoms with Crippen LogP contribution in [0.15, 0.2) is 4.52 Å². The number of amides is 1. The molecular formula is C10H13N3O4S2. The Morgan fingerprint density at radius 3 is 2.89 bits per heavy atom. The summed E-state index contributed by atoms with van der Waals surface area (Å²) in [5.74, 6) is 1.47. The molecule has 1 aromatic heterocycles. The molecule has 1 aromatic rings. The van der Waals surface area contributed by atoms with Crippen molar-refractivity contribution in [2.24, 2.45) is 5.92 Å². The Morgan fingerprint density at radius 2 is 2.21 bits per heavy atom. The molecule has 19 heavy (non-hydrogen) atoms. The minimum Gasteiger partial charge on any atom is -0.338 e. The summed E-state index contributed by atoms with van der Waals surface area (Å²) in [6, 6.07) is 0. The highest BCUT2D eigenvalue weighted by molar-refractivity contribution is 7.98. The molecule has 3 heterocycles. The second-order valence-corrected chi connectivity index (χ2v) is 7.66. The van der Waals surface area contributed by atoms with Gasteiger partial charge >= 0.3 is 0 Å². The highest BCUT2D eigenvalue weighted by Gasteiger charge is 2.38. The van der Waals surface area contributed by atoms with E-state index in [9.17, 15) is 13.2 Å². The standard InChI is InChI=1S/C10H13N3O4S2/c1-19(15,16)13-2-6(3-13)9(14)11-10-7-4-18-5-8(7)12-17-10/h6H,2-5H2,1H3,(H,11,14). The lowest BCUT2D eigenvalue weighted by molar-refractivity contribution is -0.123. The van der Waals surface area contributed by atoms with Crippen LogP contribution in [0.25, 0.3) is 0 Å². The van der Waals surface area contributed by atoms with Crippen LogP contribution in [-0.4, -0.2) is 43.1 Å². The van der Waals surface area contributed by atoms with Crippen molar-refractivity contribution in [3.63, 3.8) is 0 Å². The molecule has 104 valence electrons. The number of rotatable bonds is 3. The van der Waals surface area contributed by atoms with E-state index in [0.29, 0.717) is 5.88 Å². The molecule has 0 radical (unpaired) electrons. The van der Waals surface area contributed by atoms with Crippen LogP contribution in [0.3, 0.4) is 0 Å². The minimum atomic E-state index is -3.19. The number of aromatic nitrogens is 1. The van der Waals surface area contributed by atoms with Gasteiger partial charge in [-0.15, -0.1) is 0 Å². The van der Waals surface area contributed by atoms with E-state index < -0.39 is 10.0 Å². The molecule has 2 aliphatic rings. The number of nitrogens with one attached hydrogen (secondary N) is 1. The number of hydrogen-bond donors (Lipinski definition) is 1. The van der Waals surface area contributed by atoms with E-state index in [-0.39, 0.29) is 24.9 Å². The van der Waals surface area contributed by atoms with Crippen LogP contribution in [0.4, 0.5) is 5.88 Å². The van der Waals surface area contributed by atoms with Crippen molar-refractivity contribution < 1.29 is 17.7 Å². The number of anilines is 1. The molecular weight excluding hydrogens is 290 g/mol. The molecule has 0 aromatic carbocycles. The van der Waals surface area contributed by atoms with Gasteiger partial charge in [0, 0.05) is 24.6 Å². The number of carbonyl (C=O) groups is 1. The summed E-state index contributed by atoms with van der Waals surface area (Å²) >= 11 is 1.72. The molecule has 0 spiro atoms. The minimum absolute atomic E-state index is 0.212. The van der Waals surface area contributed by atoms with Gasteiger partial charge in [0.05, 0.1) is 23.4 Å². The Labute approximate surface area is 114 Å². The van der Waals surface area contributed by atoms with Gasteiger partial charge in [-0.25, -0.2) is 12.7 Å². The largest absolute Gasteiger partial charge is 0.338 e. The normalized spacial score (nSPS) is 20.1. The van der Waals surface area contributed by atoms with Crippen LogP contribution in [0.1, 0.15) is 11.3 Å². The highest BCUT2D eigenvalue weighted by Crippen LogP contribution is 2.34. The van der Waals surface area contributed by atoms with Crippen molar-refractivity contribution in [3.8, 4) is 0 Å². The first-order valence-electron chi connectivity index (χ1n) is 5.76. The SMILES string of the molecule is CS(=O)(=O)N1CC(C(=O)Nc2onc3c2CSC3)C1. The first kappa shape index (κ1) is 12.9. The summed E-state index contributed by atoms with van der Waals surface area (Å²) in [5.41, 5.74) is 1.82. The maximum Gasteiger partial charge on any atom is 0.235 e. The van der Waals surface area contributed by atoms with Gasteiger partial charge in [-0.05, 0) is 0 Å². The van der Waals surface area contributed by atoms with Crippen LogP contribution in [-0.2, 0) is 26.3 Å². The molecule has 0 saturated carbocycles. The van der Waals surface area contributed by atoms with Crippen LogP contribution in [0, 0.1) is 5.92 Å². The maximum absolute atomic E-state index is 11.9. The number of sulfonamides is 1. The summed E-state index contributed by atoms with van der Waals surface area (Å²) in [6.07, 6.45) is 1.14. The molecule has 0 aliphatic carbocycles. The van der Waals surface area contributed by atoms with Gasteiger partial charge in [-0.3, -0.25) is 10.1 Å². The van der Waals surface area contributed by atoms with Crippen LogP contribution < -0.4 is 5.32 Å². The molecule has 1 fully saturated rings. The lowest BCUT2D eigenvalue weighted by Gasteiger charge is -2.35. The molecule has 9 heteroatoms. The second-order valence-electron chi connectivity index (χ2n) is 4.70. The fraction of sp³-hybridized carbons (Fsp3) is 0.600. The number of fused-ring (bicyclic) bond motifs is 1. The van der Waals surface area contributed by atoms with Gasteiger partial charge in [0.2, 0.25) is 21.8 Å². The summed E-state index contributed by atoms with van der Waals surface area (Å²) in [4.78, 5) is 11.9. The predicted molar refractivity (Wildman–Crippen MR) is 70.0 cm³/mol. The number of hydrogen-bond acceptors (Lipinski definition) is 6. The summed E-state index contributed by atoms with van der Waals surface area (Å²) in [6.45, 7) is 0.464. The molecule has 1 saturated heterocycles. The van der Waals surface area contributed by atoms with Crippen molar-refractivity contribution in [1.82, 2.24) is 9.46 Å². The monoisotopic (exact) mass is 303 g/mol. The van der Waals surface area contributed by atoms with Crippen LogP contribution in [0.2, 0.25) is 0 Å². The molecule has 0 atom stereocenters. The van der Waals surface area contributed by atoms with Gasteiger partial charge in [-0.2, -0.15) is 11.8 Å². The van der Waals surface area contributed by atoms with Crippen molar-refractivity contribution >= 4 is 33.6 Å². The van der Waals surface area contributed by atoms with E-state index in [1.54, 1.807) is 11.8 Å². The molecule has 1 amide bonds. The smallest absolute Gasteiger partial charge is 0.235 e. The van der Waals surface area contributed by atoms with Gasteiger partial charge in [0.1, 0.15) is 0 Å². The Hall–Kier alpha value is -1.06. The summed E-state index contributed by atoms with van der Waals surface area (Å²) < 4.78 is 28.8. The number of nitrogens with zero attached hydrogens (tertiary/aromatic N) is 2. The Bertz CT molecular complexity index is 619. The van der Waals surface area contributed by atoms with Gasteiger partial charge < -0.3 is 4.52 Å². The van der Waals surface area contributed by atoms with E-state index in [1.807, 2.05) is 0 Å². The van der Waals surface area contributed by atoms with E-state index >= 15 is 0 Å². The van der Waals surface area contributed by atoms with E-state index in [2.05, 4.69) is 10.5 Å². The zero-order chi connectivity index (χ0) is 13.6. The van der Waals surface area contributed by atoms with Crippen molar-refractivity contribution in [2.75, 3.05) is 24.7 Å². The molecule has 7 nitrogen and oxygen atoms in total. The topological polar surface area (TPSA) is 92.5 Å². The lowest BCUT2D eigenvalue weighted by Crippen LogP contribution is -2.53. The van der Waals surface area contributed by atoms with Gasteiger partial charge in [0.15, 0.2) is 0 Å². The average molecular weight is 303 g/mol. The summed E-state index contributed by atoms with van der Waals surface area (Å²) in [5, 5.41) is 6.58. The first-order valence-corrected chi connectivity index (χ1v) is 8.76.